The second kappa shape index (κ2) is 5.38. The van der Waals surface area contributed by atoms with Crippen LogP contribution in [0.3, 0.4) is 0 Å². The summed E-state index contributed by atoms with van der Waals surface area (Å²) >= 11 is 6.12. The maximum Gasteiger partial charge on any atom is 0.185 e. The summed E-state index contributed by atoms with van der Waals surface area (Å²) in [5.74, 6) is 0.804. The quantitative estimate of drug-likeness (QED) is 0.836. The standard InChI is InChI=1S/C11H19N3S2/c1-3-13-4-6-14(7-5-13)11-12-9(2)10(8-15)16-11/h15H,3-8H2,1-2H3. The van der Waals surface area contributed by atoms with Gasteiger partial charge in [0.25, 0.3) is 0 Å². The predicted molar refractivity (Wildman–Crippen MR) is 73.9 cm³/mol. The molecule has 0 amide bonds. The number of hydrogen-bond acceptors (Lipinski definition) is 5. The van der Waals surface area contributed by atoms with E-state index in [1.54, 1.807) is 11.3 Å². The minimum atomic E-state index is 0.804. The third-order valence-corrected chi connectivity index (χ3v) is 4.86. The van der Waals surface area contributed by atoms with Crippen LogP contribution in [0.4, 0.5) is 5.13 Å². The first kappa shape index (κ1) is 12.2. The van der Waals surface area contributed by atoms with Crippen molar-refractivity contribution in [1.82, 2.24) is 9.88 Å². The maximum atomic E-state index is 4.63. The summed E-state index contributed by atoms with van der Waals surface area (Å²) in [5, 5.41) is 1.18. The van der Waals surface area contributed by atoms with Crippen molar-refractivity contribution in [3.8, 4) is 0 Å². The zero-order valence-corrected chi connectivity index (χ0v) is 11.7. The summed E-state index contributed by atoms with van der Waals surface area (Å²) in [7, 11) is 0. The minimum Gasteiger partial charge on any atom is -0.346 e. The van der Waals surface area contributed by atoms with Gasteiger partial charge in [0.2, 0.25) is 0 Å². The number of hydrogen-bond donors (Lipinski definition) is 1. The monoisotopic (exact) mass is 257 g/mol. The van der Waals surface area contributed by atoms with Crippen LogP contribution in [0.25, 0.3) is 0 Å². The Hall–Kier alpha value is -0.260. The highest BCUT2D eigenvalue weighted by Crippen LogP contribution is 2.27. The van der Waals surface area contributed by atoms with E-state index < -0.39 is 0 Å². The van der Waals surface area contributed by atoms with Gasteiger partial charge in [-0.3, -0.25) is 0 Å². The molecule has 1 aliphatic heterocycles. The lowest BCUT2D eigenvalue weighted by Gasteiger charge is -2.33. The van der Waals surface area contributed by atoms with Gasteiger partial charge < -0.3 is 9.80 Å². The van der Waals surface area contributed by atoms with Gasteiger partial charge in [0.15, 0.2) is 5.13 Å². The molecule has 0 aliphatic carbocycles. The van der Waals surface area contributed by atoms with Crippen molar-refractivity contribution in [1.29, 1.82) is 0 Å². The molecule has 0 saturated carbocycles. The van der Waals surface area contributed by atoms with E-state index in [4.69, 9.17) is 0 Å². The number of aryl methyl sites for hydroxylation is 1. The van der Waals surface area contributed by atoms with Crippen molar-refractivity contribution in [2.45, 2.75) is 19.6 Å². The number of aromatic nitrogens is 1. The summed E-state index contributed by atoms with van der Waals surface area (Å²) in [6.45, 7) is 9.99. The van der Waals surface area contributed by atoms with E-state index >= 15 is 0 Å². The van der Waals surface area contributed by atoms with Crippen LogP contribution < -0.4 is 4.90 Å². The molecule has 3 nitrogen and oxygen atoms in total. The smallest absolute Gasteiger partial charge is 0.185 e. The van der Waals surface area contributed by atoms with Gasteiger partial charge in [0.05, 0.1) is 5.69 Å². The minimum absolute atomic E-state index is 0.804. The van der Waals surface area contributed by atoms with Gasteiger partial charge in [-0.05, 0) is 13.5 Å². The van der Waals surface area contributed by atoms with Gasteiger partial charge in [-0.25, -0.2) is 4.98 Å². The summed E-state index contributed by atoms with van der Waals surface area (Å²) in [6, 6.07) is 0. The molecule has 2 heterocycles. The largest absolute Gasteiger partial charge is 0.346 e. The molecule has 0 radical (unpaired) electrons. The van der Waals surface area contributed by atoms with Crippen LogP contribution in [0.5, 0.6) is 0 Å². The highest BCUT2D eigenvalue weighted by atomic mass is 32.1. The van der Waals surface area contributed by atoms with E-state index in [1.807, 2.05) is 0 Å². The Bertz CT molecular complexity index is 343. The van der Waals surface area contributed by atoms with Gasteiger partial charge in [0.1, 0.15) is 0 Å². The van der Waals surface area contributed by atoms with Crippen LogP contribution in [0.15, 0.2) is 0 Å². The van der Waals surface area contributed by atoms with E-state index in [-0.39, 0.29) is 0 Å². The van der Waals surface area contributed by atoms with Crippen LogP contribution in [-0.4, -0.2) is 42.6 Å². The third-order valence-electron chi connectivity index (χ3n) is 3.12. The van der Waals surface area contributed by atoms with Crippen molar-refractivity contribution in [2.75, 3.05) is 37.6 Å². The van der Waals surface area contributed by atoms with Crippen molar-refractivity contribution < 1.29 is 0 Å². The third kappa shape index (κ3) is 2.52. The van der Waals surface area contributed by atoms with Crippen LogP contribution in [-0.2, 0) is 5.75 Å². The number of likely N-dealkylation sites (N-methyl/N-ethyl adjacent to an activating group) is 1. The summed E-state index contributed by atoms with van der Waals surface area (Å²) in [5.41, 5.74) is 1.15. The molecule has 1 saturated heterocycles. The molecule has 0 unspecified atom stereocenters. The number of thiazole rings is 1. The lowest BCUT2D eigenvalue weighted by atomic mass is 10.3. The molecule has 5 heteroatoms. The number of rotatable bonds is 3. The zero-order chi connectivity index (χ0) is 11.5. The van der Waals surface area contributed by atoms with E-state index in [0.29, 0.717) is 0 Å². The zero-order valence-electron chi connectivity index (χ0n) is 9.94. The Morgan fingerprint density at radius 3 is 2.50 bits per heavy atom. The van der Waals surface area contributed by atoms with Crippen molar-refractivity contribution in [3.05, 3.63) is 10.6 Å². The Kier molecular flexibility index (Phi) is 4.10. The first-order chi connectivity index (χ1) is 7.74. The average Bonchev–Trinajstić information content (AvgIpc) is 2.71. The highest BCUT2D eigenvalue weighted by Gasteiger charge is 2.19. The van der Waals surface area contributed by atoms with E-state index in [9.17, 15) is 0 Å². The second-order valence-electron chi connectivity index (χ2n) is 4.08. The molecule has 0 N–H and O–H groups in total. The molecule has 0 aromatic carbocycles. The molecular formula is C11H19N3S2. The molecule has 1 fully saturated rings. The van der Waals surface area contributed by atoms with Gasteiger partial charge >= 0.3 is 0 Å². The second-order valence-corrected chi connectivity index (χ2v) is 5.46. The molecule has 16 heavy (non-hydrogen) atoms. The molecule has 90 valence electrons. The van der Waals surface area contributed by atoms with Crippen LogP contribution in [0, 0.1) is 6.92 Å². The van der Waals surface area contributed by atoms with Crippen molar-refractivity contribution in [3.63, 3.8) is 0 Å². The van der Waals surface area contributed by atoms with E-state index in [2.05, 4.69) is 41.3 Å². The lowest BCUT2D eigenvalue weighted by Crippen LogP contribution is -2.46. The first-order valence-corrected chi connectivity index (χ1v) is 7.24. The molecule has 2 rings (SSSR count). The SMILES string of the molecule is CCN1CCN(c2nc(C)c(CS)s2)CC1. The fourth-order valence-corrected chi connectivity index (χ4v) is 3.35. The number of nitrogens with zero attached hydrogens (tertiary/aromatic N) is 3. The predicted octanol–water partition coefficient (Wildman–Crippen LogP) is 2.02. The molecule has 0 bridgehead atoms. The van der Waals surface area contributed by atoms with Gasteiger partial charge in [-0.1, -0.05) is 6.92 Å². The first-order valence-electron chi connectivity index (χ1n) is 5.79. The number of thiol groups is 1. The molecule has 1 aromatic rings. The average molecular weight is 257 g/mol. The van der Waals surface area contributed by atoms with Crippen LogP contribution >= 0.6 is 24.0 Å². The van der Waals surface area contributed by atoms with Crippen LogP contribution in [0.1, 0.15) is 17.5 Å². The molecule has 0 atom stereocenters. The van der Waals surface area contributed by atoms with Crippen LogP contribution in [0.2, 0.25) is 0 Å². The maximum absolute atomic E-state index is 4.63. The van der Waals surface area contributed by atoms with Crippen molar-refractivity contribution in [2.24, 2.45) is 0 Å². The van der Waals surface area contributed by atoms with E-state index in [0.717, 1.165) is 44.2 Å². The number of anilines is 1. The molecular weight excluding hydrogens is 238 g/mol. The summed E-state index contributed by atoms with van der Waals surface area (Å²) in [4.78, 5) is 10.8. The highest BCUT2D eigenvalue weighted by molar-refractivity contribution is 7.79. The Balaban J connectivity index is 2.02. The van der Waals surface area contributed by atoms with E-state index in [1.165, 1.54) is 10.0 Å². The summed E-state index contributed by atoms with van der Waals surface area (Å²) < 4.78 is 0. The van der Waals surface area contributed by atoms with Gasteiger partial charge in [-0.15, -0.1) is 11.3 Å². The topological polar surface area (TPSA) is 19.4 Å². The van der Waals surface area contributed by atoms with Gasteiger partial charge in [0, 0.05) is 36.8 Å². The fraction of sp³-hybridized carbons (Fsp3) is 0.727. The number of piperazine rings is 1. The molecule has 1 aromatic heterocycles. The lowest BCUT2D eigenvalue weighted by molar-refractivity contribution is 0.271. The Labute approximate surface area is 107 Å². The van der Waals surface area contributed by atoms with Crippen molar-refractivity contribution >= 4 is 29.1 Å². The molecule has 1 aliphatic rings. The summed E-state index contributed by atoms with van der Waals surface area (Å²) in [6.07, 6.45) is 0. The normalized spacial score (nSPS) is 18.1. The Morgan fingerprint density at radius 2 is 2.00 bits per heavy atom. The van der Waals surface area contributed by atoms with Gasteiger partial charge in [-0.2, -0.15) is 12.6 Å². The fourth-order valence-electron chi connectivity index (χ4n) is 1.95. The molecule has 0 spiro atoms. The Morgan fingerprint density at radius 1 is 1.31 bits per heavy atom.